The fourth-order valence-corrected chi connectivity index (χ4v) is 1.42. The summed E-state index contributed by atoms with van der Waals surface area (Å²) in [4.78, 5) is 13.4. The maximum absolute atomic E-state index is 12.8. The lowest BCUT2D eigenvalue weighted by Crippen LogP contribution is -2.35. The molecule has 17 heavy (non-hydrogen) atoms. The molecule has 6 nitrogen and oxygen atoms in total. The van der Waals surface area contributed by atoms with Gasteiger partial charge in [-0.3, -0.25) is 10.1 Å². The molecule has 94 valence electrons. The zero-order valence-electron chi connectivity index (χ0n) is 8.49. The van der Waals surface area contributed by atoms with Crippen LogP contribution in [0.1, 0.15) is 0 Å². The van der Waals surface area contributed by atoms with Crippen LogP contribution in [-0.2, 0) is 0 Å². The van der Waals surface area contributed by atoms with E-state index < -0.39 is 23.9 Å². The van der Waals surface area contributed by atoms with Gasteiger partial charge in [-0.2, -0.15) is 0 Å². The van der Waals surface area contributed by atoms with E-state index in [9.17, 15) is 18.9 Å². The second-order valence-corrected chi connectivity index (χ2v) is 4.05. The number of halogens is 3. The predicted octanol–water partition coefficient (Wildman–Crippen LogP) is 1.76. The highest BCUT2D eigenvalue weighted by Gasteiger charge is 2.26. The van der Waals surface area contributed by atoms with E-state index in [1.165, 1.54) is 6.07 Å². The summed E-state index contributed by atoms with van der Waals surface area (Å²) in [6.45, 7) is -1.47. The number of pyridine rings is 1. The first-order chi connectivity index (χ1) is 7.85. The highest BCUT2D eigenvalue weighted by molar-refractivity contribution is 9.10. The van der Waals surface area contributed by atoms with Crippen molar-refractivity contribution >= 4 is 27.4 Å². The van der Waals surface area contributed by atoms with Gasteiger partial charge in [-0.05, 0) is 15.9 Å². The van der Waals surface area contributed by atoms with E-state index in [4.69, 9.17) is 5.73 Å². The largest absolute Gasteiger partial charge is 0.363 e. The molecule has 0 atom stereocenters. The molecule has 0 unspecified atom stereocenters. The summed E-state index contributed by atoms with van der Waals surface area (Å²) < 4.78 is 25.9. The Balaban J connectivity index is 2.77. The molecule has 0 saturated carbocycles. The minimum atomic E-state index is -3.05. The first-order valence-corrected chi connectivity index (χ1v) is 5.27. The Morgan fingerprint density at radius 1 is 1.65 bits per heavy atom. The fourth-order valence-electron chi connectivity index (χ4n) is 0.943. The molecule has 0 spiro atoms. The Hall–Kier alpha value is -1.35. The van der Waals surface area contributed by atoms with Crippen molar-refractivity contribution in [1.29, 1.82) is 0 Å². The number of nitrogens with zero attached hydrogens (tertiary/aromatic N) is 2. The third-order valence-corrected chi connectivity index (χ3v) is 2.46. The van der Waals surface area contributed by atoms with Gasteiger partial charge in [-0.25, -0.2) is 13.8 Å². The van der Waals surface area contributed by atoms with Crippen LogP contribution in [0.25, 0.3) is 0 Å². The number of hydrogen-bond acceptors (Lipinski definition) is 5. The SMILES string of the molecule is NCC(F)(F)CNc1ncc([N+](=O)[O-])cc1Br. The van der Waals surface area contributed by atoms with Gasteiger partial charge in [-0.15, -0.1) is 0 Å². The van der Waals surface area contributed by atoms with Crippen molar-refractivity contribution in [2.75, 3.05) is 18.4 Å². The number of nitro groups is 1. The summed E-state index contributed by atoms with van der Waals surface area (Å²) in [7, 11) is 0. The molecule has 0 fully saturated rings. The lowest BCUT2D eigenvalue weighted by atomic mass is 10.3. The predicted molar refractivity (Wildman–Crippen MR) is 61.1 cm³/mol. The molecule has 3 N–H and O–H groups in total. The van der Waals surface area contributed by atoms with Gasteiger partial charge in [0.25, 0.3) is 11.6 Å². The molecule has 0 saturated heterocycles. The third-order valence-electron chi connectivity index (χ3n) is 1.85. The average molecular weight is 311 g/mol. The summed E-state index contributed by atoms with van der Waals surface area (Å²) in [6, 6.07) is 1.18. The van der Waals surface area contributed by atoms with E-state index in [1.54, 1.807) is 0 Å². The number of nitrogens with two attached hydrogens (primary N) is 1. The first-order valence-electron chi connectivity index (χ1n) is 4.47. The number of aromatic nitrogens is 1. The summed E-state index contributed by atoms with van der Waals surface area (Å²) >= 11 is 3.00. The van der Waals surface area contributed by atoms with Crippen LogP contribution in [0.3, 0.4) is 0 Å². The Bertz CT molecular complexity index is 430. The van der Waals surface area contributed by atoms with Crippen LogP contribution in [0.5, 0.6) is 0 Å². The van der Waals surface area contributed by atoms with Crippen molar-refractivity contribution in [1.82, 2.24) is 4.98 Å². The van der Waals surface area contributed by atoms with E-state index >= 15 is 0 Å². The number of alkyl halides is 2. The quantitative estimate of drug-likeness (QED) is 0.638. The van der Waals surface area contributed by atoms with E-state index in [0.29, 0.717) is 0 Å². The van der Waals surface area contributed by atoms with Crippen LogP contribution in [0.15, 0.2) is 16.7 Å². The van der Waals surface area contributed by atoms with Gasteiger partial charge in [0, 0.05) is 6.07 Å². The van der Waals surface area contributed by atoms with Gasteiger partial charge >= 0.3 is 0 Å². The van der Waals surface area contributed by atoms with Gasteiger partial charge < -0.3 is 11.1 Å². The second kappa shape index (κ2) is 5.32. The fraction of sp³-hybridized carbons (Fsp3) is 0.375. The van der Waals surface area contributed by atoms with E-state index in [-0.39, 0.29) is 16.0 Å². The van der Waals surface area contributed by atoms with Crippen LogP contribution in [-0.4, -0.2) is 28.9 Å². The maximum atomic E-state index is 12.8. The summed E-state index contributed by atoms with van der Waals surface area (Å²) in [5, 5.41) is 12.8. The topological polar surface area (TPSA) is 94.1 Å². The smallest absolute Gasteiger partial charge is 0.288 e. The molecule has 1 aromatic heterocycles. The molecular weight excluding hydrogens is 302 g/mol. The molecule has 0 bridgehead atoms. The van der Waals surface area contributed by atoms with Crippen LogP contribution < -0.4 is 11.1 Å². The van der Waals surface area contributed by atoms with E-state index in [2.05, 4.69) is 26.2 Å². The highest BCUT2D eigenvalue weighted by Crippen LogP contribution is 2.25. The summed E-state index contributed by atoms with van der Waals surface area (Å²) in [5.41, 5.74) is 4.63. The van der Waals surface area contributed by atoms with Crippen molar-refractivity contribution in [3.63, 3.8) is 0 Å². The molecule has 0 aliphatic heterocycles. The van der Waals surface area contributed by atoms with E-state index in [0.717, 1.165) is 6.20 Å². The zero-order valence-corrected chi connectivity index (χ0v) is 10.1. The lowest BCUT2D eigenvalue weighted by Gasteiger charge is -2.15. The van der Waals surface area contributed by atoms with E-state index in [1.807, 2.05) is 0 Å². The molecule has 0 aliphatic rings. The molecule has 1 rings (SSSR count). The Labute approximate surface area is 103 Å². The van der Waals surface area contributed by atoms with Crippen molar-refractivity contribution in [3.05, 3.63) is 26.9 Å². The number of anilines is 1. The molecule has 1 aromatic rings. The van der Waals surface area contributed by atoms with Gasteiger partial charge in [0.15, 0.2) is 0 Å². The van der Waals surface area contributed by atoms with Crippen molar-refractivity contribution < 1.29 is 13.7 Å². The molecule has 0 amide bonds. The average Bonchev–Trinajstić information content (AvgIpc) is 2.27. The second-order valence-electron chi connectivity index (χ2n) is 3.19. The number of nitrogens with one attached hydrogen (secondary N) is 1. The van der Waals surface area contributed by atoms with Gasteiger partial charge in [-0.1, -0.05) is 0 Å². The highest BCUT2D eigenvalue weighted by atomic mass is 79.9. The maximum Gasteiger partial charge on any atom is 0.288 e. The monoisotopic (exact) mass is 310 g/mol. The molecule has 0 aromatic carbocycles. The van der Waals surface area contributed by atoms with Crippen LogP contribution >= 0.6 is 15.9 Å². The van der Waals surface area contributed by atoms with Crippen molar-refractivity contribution in [2.24, 2.45) is 5.73 Å². The van der Waals surface area contributed by atoms with Gasteiger partial charge in [0.1, 0.15) is 12.0 Å². The number of rotatable bonds is 5. The lowest BCUT2D eigenvalue weighted by molar-refractivity contribution is -0.385. The summed E-state index contributed by atoms with van der Waals surface area (Å²) in [5.74, 6) is -2.95. The third kappa shape index (κ3) is 3.86. The summed E-state index contributed by atoms with van der Waals surface area (Å²) in [6.07, 6.45) is 0.980. The molecule has 0 aliphatic carbocycles. The number of hydrogen-bond donors (Lipinski definition) is 2. The Kier molecular flexibility index (Phi) is 4.29. The standard InChI is InChI=1S/C8H9BrF2N4O2/c9-6-1-5(15(16)17)2-13-7(6)14-4-8(10,11)3-12/h1-2H,3-4,12H2,(H,13,14). The molecule has 9 heteroatoms. The first kappa shape index (κ1) is 13.7. The zero-order chi connectivity index (χ0) is 13.1. The minimum absolute atomic E-state index is 0.101. The normalized spacial score (nSPS) is 11.3. The van der Waals surface area contributed by atoms with Crippen LogP contribution in [0, 0.1) is 10.1 Å². The van der Waals surface area contributed by atoms with Gasteiger partial charge in [0.05, 0.1) is 22.5 Å². The van der Waals surface area contributed by atoms with Crippen molar-refractivity contribution in [3.8, 4) is 0 Å². The Morgan fingerprint density at radius 3 is 2.76 bits per heavy atom. The molecule has 0 radical (unpaired) electrons. The Morgan fingerprint density at radius 2 is 2.29 bits per heavy atom. The van der Waals surface area contributed by atoms with Crippen LogP contribution in [0.2, 0.25) is 0 Å². The molecular formula is C8H9BrF2N4O2. The molecule has 1 heterocycles. The van der Waals surface area contributed by atoms with Gasteiger partial charge in [0.2, 0.25) is 0 Å². The van der Waals surface area contributed by atoms with Crippen molar-refractivity contribution in [2.45, 2.75) is 5.92 Å². The van der Waals surface area contributed by atoms with Crippen LogP contribution in [0.4, 0.5) is 20.3 Å². The minimum Gasteiger partial charge on any atom is -0.363 e.